The number of nitrogens with zero attached hydrogens (tertiary/aromatic N) is 1. The second-order valence-electron chi connectivity index (χ2n) is 8.82. The molecule has 0 fully saturated rings. The number of aryl methyl sites for hydroxylation is 1. The maximum absolute atomic E-state index is 12.7. The van der Waals surface area contributed by atoms with Gasteiger partial charge in [0, 0.05) is 29.2 Å². The Morgan fingerprint density at radius 2 is 1.97 bits per heavy atom. The van der Waals surface area contributed by atoms with Crippen LogP contribution < -0.4 is 0 Å². The third kappa shape index (κ3) is 7.88. The lowest BCUT2D eigenvalue weighted by Crippen LogP contribution is -2.34. The molecule has 0 bridgehead atoms. The SMILES string of the molecule is C=C1C(=O)[C@H](C)[C@@H](O)[C@@H](C)/C=C/C/C(C)=C\C[C@@H](/C(C)=C/c2csc(C)n2)OC(=O)C[C@@H]1O. The van der Waals surface area contributed by atoms with Crippen LogP contribution in [0.1, 0.15) is 57.7 Å². The third-order valence-corrected chi connectivity index (χ3v) is 6.69. The lowest BCUT2D eigenvalue weighted by molar-refractivity contribution is -0.149. The van der Waals surface area contributed by atoms with E-state index in [0.29, 0.717) is 12.8 Å². The quantitative estimate of drug-likeness (QED) is 0.371. The van der Waals surface area contributed by atoms with Crippen LogP contribution in [0.5, 0.6) is 0 Å². The minimum atomic E-state index is -1.37. The fourth-order valence-corrected chi connectivity index (χ4v) is 4.20. The molecule has 0 saturated heterocycles. The summed E-state index contributed by atoms with van der Waals surface area (Å²) in [7, 11) is 0. The molecule has 2 heterocycles. The van der Waals surface area contributed by atoms with E-state index in [9.17, 15) is 19.8 Å². The second-order valence-corrected chi connectivity index (χ2v) is 9.89. The molecule has 0 spiro atoms. The Bertz CT molecular complexity index is 958. The van der Waals surface area contributed by atoms with E-state index in [0.717, 1.165) is 21.8 Å². The number of hydrogen-bond donors (Lipinski definition) is 2. The number of aromatic nitrogens is 1. The average molecular weight is 474 g/mol. The lowest BCUT2D eigenvalue weighted by Gasteiger charge is -2.24. The number of cyclic esters (lactones) is 1. The number of carbonyl (C=O) groups is 2. The highest BCUT2D eigenvalue weighted by atomic mass is 32.1. The largest absolute Gasteiger partial charge is 0.457 e. The van der Waals surface area contributed by atoms with E-state index in [1.807, 2.05) is 57.4 Å². The summed E-state index contributed by atoms with van der Waals surface area (Å²) in [6, 6.07) is 0. The molecule has 1 aromatic heterocycles. The molecule has 0 amide bonds. The molecule has 0 saturated carbocycles. The Kier molecular flexibility index (Phi) is 9.95. The van der Waals surface area contributed by atoms with Gasteiger partial charge in [-0.1, -0.05) is 44.2 Å². The smallest absolute Gasteiger partial charge is 0.309 e. The summed E-state index contributed by atoms with van der Waals surface area (Å²) in [4.78, 5) is 29.8. The van der Waals surface area contributed by atoms with Crippen LogP contribution >= 0.6 is 11.3 Å². The fraction of sp³-hybridized carbons (Fsp3) is 0.500. The molecule has 0 unspecified atom stereocenters. The maximum Gasteiger partial charge on any atom is 0.309 e. The summed E-state index contributed by atoms with van der Waals surface area (Å²) in [6.45, 7) is 12.9. The molecule has 2 N–H and O–H groups in total. The second kappa shape index (κ2) is 12.2. The summed E-state index contributed by atoms with van der Waals surface area (Å²) >= 11 is 1.55. The molecular weight excluding hydrogens is 438 g/mol. The molecule has 1 aliphatic rings. The normalized spacial score (nSPS) is 31.6. The van der Waals surface area contributed by atoms with Crippen LogP contribution in [-0.2, 0) is 14.3 Å². The van der Waals surface area contributed by atoms with Crippen LogP contribution in [0, 0.1) is 18.8 Å². The monoisotopic (exact) mass is 473 g/mol. The number of ketones is 1. The number of esters is 1. The number of hydrogen-bond acceptors (Lipinski definition) is 7. The van der Waals surface area contributed by atoms with Crippen LogP contribution in [0.2, 0.25) is 0 Å². The van der Waals surface area contributed by atoms with Crippen LogP contribution in [0.4, 0.5) is 0 Å². The topological polar surface area (TPSA) is 96.7 Å². The third-order valence-electron chi connectivity index (χ3n) is 5.90. The molecule has 2 rings (SSSR count). The lowest BCUT2D eigenvalue weighted by atomic mass is 9.85. The van der Waals surface area contributed by atoms with Crippen LogP contribution in [0.15, 0.2) is 46.9 Å². The average Bonchev–Trinajstić information content (AvgIpc) is 3.17. The van der Waals surface area contributed by atoms with Gasteiger partial charge in [0.05, 0.1) is 29.3 Å². The standard InChI is InChI=1S/C26H35NO5S/c1-15-8-7-9-16(2)25(30)19(5)26(31)18(4)22(28)13-24(29)32-23(11-10-15)17(3)12-21-14-33-20(6)27-21/h7,9-10,12,14,16,19,22-23,25,28,30H,4,8,11,13H2,1-3,5-6H3/b9-7+,15-10-,17-12+/t16-,19+,22-,23-,25-/m0/s1. The van der Waals surface area contributed by atoms with Gasteiger partial charge in [-0.05, 0) is 38.8 Å². The Balaban J connectivity index is 2.33. The van der Waals surface area contributed by atoms with Gasteiger partial charge in [-0.3, -0.25) is 9.59 Å². The zero-order chi connectivity index (χ0) is 24.7. The van der Waals surface area contributed by atoms with E-state index in [1.165, 1.54) is 0 Å². The van der Waals surface area contributed by atoms with Gasteiger partial charge >= 0.3 is 5.97 Å². The van der Waals surface area contributed by atoms with E-state index >= 15 is 0 Å². The van der Waals surface area contributed by atoms with Crippen molar-refractivity contribution < 1.29 is 24.5 Å². The zero-order valence-electron chi connectivity index (χ0n) is 20.1. The van der Waals surface area contributed by atoms with Crippen molar-refractivity contribution >= 4 is 29.2 Å². The molecule has 5 atom stereocenters. The van der Waals surface area contributed by atoms with E-state index < -0.39 is 36.0 Å². The fourth-order valence-electron chi connectivity index (χ4n) is 3.63. The van der Waals surface area contributed by atoms with Crippen LogP contribution in [0.25, 0.3) is 6.08 Å². The first-order chi connectivity index (χ1) is 15.5. The number of rotatable bonds is 2. The van der Waals surface area contributed by atoms with Gasteiger partial charge < -0.3 is 14.9 Å². The number of aliphatic hydroxyl groups is 2. The highest BCUT2D eigenvalue weighted by Gasteiger charge is 2.31. The highest BCUT2D eigenvalue weighted by molar-refractivity contribution is 7.09. The number of aliphatic hydroxyl groups excluding tert-OH is 2. The van der Waals surface area contributed by atoms with Gasteiger partial charge in [-0.15, -0.1) is 11.3 Å². The van der Waals surface area contributed by atoms with E-state index in [-0.39, 0.29) is 17.9 Å². The van der Waals surface area contributed by atoms with Crippen molar-refractivity contribution in [3.05, 3.63) is 57.6 Å². The first-order valence-electron chi connectivity index (χ1n) is 11.2. The maximum atomic E-state index is 12.7. The van der Waals surface area contributed by atoms with Gasteiger partial charge in [0.2, 0.25) is 0 Å². The van der Waals surface area contributed by atoms with Crippen molar-refractivity contribution in [2.45, 2.75) is 72.2 Å². The first-order valence-corrected chi connectivity index (χ1v) is 12.1. The number of allylic oxidation sites excluding steroid dienone is 2. The Morgan fingerprint density at radius 1 is 1.27 bits per heavy atom. The molecule has 1 aromatic rings. The zero-order valence-corrected chi connectivity index (χ0v) is 20.9. The molecule has 0 radical (unpaired) electrons. The van der Waals surface area contributed by atoms with Gasteiger partial charge in [-0.2, -0.15) is 0 Å². The molecule has 180 valence electrons. The molecule has 33 heavy (non-hydrogen) atoms. The number of thiazole rings is 1. The van der Waals surface area contributed by atoms with Crippen molar-refractivity contribution in [1.29, 1.82) is 0 Å². The van der Waals surface area contributed by atoms with Crippen molar-refractivity contribution in [3.8, 4) is 0 Å². The molecule has 0 aromatic carbocycles. The highest BCUT2D eigenvalue weighted by Crippen LogP contribution is 2.23. The Labute approximate surface area is 200 Å². The van der Waals surface area contributed by atoms with Crippen molar-refractivity contribution in [1.82, 2.24) is 4.98 Å². The van der Waals surface area contributed by atoms with Crippen LogP contribution in [-0.4, -0.2) is 45.3 Å². The van der Waals surface area contributed by atoms with Gasteiger partial charge in [0.1, 0.15) is 6.10 Å². The molecule has 1 aliphatic heterocycles. The van der Waals surface area contributed by atoms with Crippen LogP contribution in [0.3, 0.4) is 0 Å². The predicted molar refractivity (Wildman–Crippen MR) is 132 cm³/mol. The van der Waals surface area contributed by atoms with E-state index in [2.05, 4.69) is 11.6 Å². The Hall–Kier alpha value is -2.35. The summed E-state index contributed by atoms with van der Waals surface area (Å²) < 4.78 is 5.70. The first kappa shape index (κ1) is 26.9. The van der Waals surface area contributed by atoms with Crippen molar-refractivity contribution in [3.63, 3.8) is 0 Å². The molecule has 7 heteroatoms. The van der Waals surface area contributed by atoms with Gasteiger partial charge in [0.15, 0.2) is 5.78 Å². The summed E-state index contributed by atoms with van der Waals surface area (Å²) in [6.07, 6.45) is 5.73. The van der Waals surface area contributed by atoms with E-state index in [4.69, 9.17) is 4.74 Å². The van der Waals surface area contributed by atoms with Gasteiger partial charge in [0.25, 0.3) is 0 Å². The number of ether oxygens (including phenoxy) is 1. The van der Waals surface area contributed by atoms with E-state index in [1.54, 1.807) is 18.3 Å². The molecule has 0 aliphatic carbocycles. The molecular formula is C26H35NO5S. The minimum absolute atomic E-state index is 0.0979. The summed E-state index contributed by atoms with van der Waals surface area (Å²) in [5.41, 5.74) is 2.64. The van der Waals surface area contributed by atoms with Gasteiger partial charge in [-0.25, -0.2) is 4.98 Å². The summed E-state index contributed by atoms with van der Waals surface area (Å²) in [5, 5.41) is 23.9. The van der Waals surface area contributed by atoms with Crippen molar-refractivity contribution in [2.75, 3.05) is 0 Å². The van der Waals surface area contributed by atoms with Crippen molar-refractivity contribution in [2.24, 2.45) is 11.8 Å². The molecule has 6 nitrogen and oxygen atoms in total. The minimum Gasteiger partial charge on any atom is -0.457 e. The number of Topliss-reactive ketones (excluding diaryl/α,β-unsaturated/α-hetero) is 1. The Morgan fingerprint density at radius 3 is 2.61 bits per heavy atom. The summed E-state index contributed by atoms with van der Waals surface area (Å²) in [5.74, 6) is -2.09. The predicted octanol–water partition coefficient (Wildman–Crippen LogP) is 4.57. The number of carbonyl (C=O) groups excluding carboxylic acids is 2.